The predicted octanol–water partition coefficient (Wildman–Crippen LogP) is -11.4. The van der Waals surface area contributed by atoms with Crippen LogP contribution in [0.4, 0.5) is 0 Å². The molecule has 0 saturated carbocycles. The Kier molecular flexibility index (Phi) is 2230. The average molecular weight is 368 g/mol. The minimum atomic E-state index is 0. The van der Waals surface area contributed by atoms with Gasteiger partial charge in [-0.1, -0.05) is 0 Å². The van der Waals surface area contributed by atoms with Gasteiger partial charge in [0.05, 0.1) is 0 Å². The van der Waals surface area contributed by atoms with E-state index < -0.39 is 0 Å². The van der Waals surface area contributed by atoms with E-state index in [0.717, 1.165) is 0 Å². The minimum Gasteiger partial charge on any atom is -0.512 e. The van der Waals surface area contributed by atoms with Gasteiger partial charge >= 0.3 is 223 Å². The van der Waals surface area contributed by atoms with E-state index >= 15 is 0 Å². The second-order valence-corrected chi connectivity index (χ2v) is 0. The maximum Gasteiger partial charge on any atom is 3.00 e. The summed E-state index contributed by atoms with van der Waals surface area (Å²) in [5.74, 6) is 0. The van der Waals surface area contributed by atoms with Gasteiger partial charge in [-0.15, -0.1) is 0 Å². The fourth-order valence-corrected chi connectivity index (χ4v) is 0. The Labute approximate surface area is 284 Å². The molecule has 0 atom stereocenters. The number of hydrogen-bond donors (Lipinski definition) is 0. The van der Waals surface area contributed by atoms with Crippen LogP contribution in [0, 0.1) is 71.0 Å². The van der Waals surface area contributed by atoms with Crippen molar-refractivity contribution in [3.63, 3.8) is 0 Å². The Morgan fingerprint density at radius 1 is 0.294 bits per heavy atom. The number of hydrogen-bond acceptors (Lipinski definition) is 6. The van der Waals surface area contributed by atoms with Crippen molar-refractivity contribution in [1.29, 1.82) is 31.6 Å². The van der Waals surface area contributed by atoms with E-state index in [4.69, 9.17) is 71.0 Å². The van der Waals surface area contributed by atoms with Gasteiger partial charge in [0, 0.05) is 0 Å². The summed E-state index contributed by atoms with van der Waals surface area (Å²) in [5.41, 5.74) is 0. The Morgan fingerprint density at radius 3 is 0.294 bits per heavy atom. The van der Waals surface area contributed by atoms with Crippen molar-refractivity contribution in [2.75, 3.05) is 0 Å². The van der Waals surface area contributed by atoms with Crippen molar-refractivity contribution in [2.24, 2.45) is 0 Å². The summed E-state index contributed by atoms with van der Waals surface area (Å²) in [4.78, 5) is 0. The van der Waals surface area contributed by atoms with Crippen LogP contribution in [0.1, 0.15) is 0 Å². The summed E-state index contributed by atoms with van der Waals surface area (Å²) >= 11 is 0. The first-order valence-corrected chi connectivity index (χ1v) is 1.34. The van der Waals surface area contributed by atoms with E-state index in [9.17, 15) is 0 Å². The molecule has 0 aromatic carbocycles. The molecule has 65 valence electrons. The third kappa shape index (κ3) is 404. The first kappa shape index (κ1) is 84.0. The van der Waals surface area contributed by atoms with Crippen LogP contribution in [0.25, 0.3) is 0 Å². The molecule has 0 bridgehead atoms. The van der Waals surface area contributed by atoms with Gasteiger partial charge in [0.2, 0.25) is 0 Å². The fourth-order valence-electron chi connectivity index (χ4n) is 0. The molecule has 17 heavy (non-hydrogen) atoms. The minimum absolute atomic E-state index is 0. The summed E-state index contributed by atoms with van der Waals surface area (Å²) < 4.78 is 0. The molecule has 0 N–H and O–H groups in total. The van der Waals surface area contributed by atoms with Gasteiger partial charge in [0.1, 0.15) is 0 Å². The summed E-state index contributed by atoms with van der Waals surface area (Å²) in [6.45, 7) is 28.5. The molecule has 0 rings (SSSR count). The van der Waals surface area contributed by atoms with Crippen molar-refractivity contribution in [2.45, 2.75) is 0 Å². The molecular formula is C6FeK4N6+. The molecule has 0 fully saturated rings. The molecule has 0 heterocycles. The van der Waals surface area contributed by atoms with Crippen LogP contribution in [-0.4, -0.2) is 0 Å². The summed E-state index contributed by atoms with van der Waals surface area (Å²) in [6.07, 6.45) is 0. The van der Waals surface area contributed by atoms with Crippen LogP contribution in [0.3, 0.4) is 0 Å². The van der Waals surface area contributed by atoms with Crippen LogP contribution >= 0.6 is 0 Å². The zero-order valence-corrected chi connectivity index (χ0v) is 23.6. The molecule has 0 aromatic rings. The smallest absolute Gasteiger partial charge is 0.512 e. The van der Waals surface area contributed by atoms with E-state index in [0.29, 0.717) is 0 Å². The van der Waals surface area contributed by atoms with Crippen molar-refractivity contribution in [3.05, 3.63) is 39.4 Å². The maximum absolute atomic E-state index is 6.25. The molecule has 11 heteroatoms. The van der Waals surface area contributed by atoms with E-state index in [2.05, 4.69) is 0 Å². The third-order valence-electron chi connectivity index (χ3n) is 0. The zero-order chi connectivity index (χ0) is 12.0. The predicted molar refractivity (Wildman–Crippen MR) is 29.8 cm³/mol. The van der Waals surface area contributed by atoms with E-state index in [-0.39, 0.29) is 223 Å². The van der Waals surface area contributed by atoms with Gasteiger partial charge in [-0.25, -0.2) is 0 Å². The third-order valence-corrected chi connectivity index (χ3v) is 0. The van der Waals surface area contributed by atoms with Gasteiger partial charge in [0.15, 0.2) is 0 Å². The number of rotatable bonds is 0. The summed E-state index contributed by atoms with van der Waals surface area (Å²) in [5, 5.41) is 37.5. The summed E-state index contributed by atoms with van der Waals surface area (Å²) in [7, 11) is 0. The molecule has 0 aliphatic rings. The molecule has 0 unspecified atom stereocenters. The van der Waals surface area contributed by atoms with Crippen molar-refractivity contribution in [1.82, 2.24) is 0 Å². The molecule has 1 radical (unpaired) electrons. The van der Waals surface area contributed by atoms with Crippen molar-refractivity contribution < 1.29 is 223 Å². The van der Waals surface area contributed by atoms with Crippen LogP contribution < -0.4 is 206 Å². The van der Waals surface area contributed by atoms with Crippen LogP contribution in [0.2, 0.25) is 0 Å². The van der Waals surface area contributed by atoms with Gasteiger partial charge in [-0.2, -0.15) is 0 Å². The Hall–Kier alpha value is 4.00. The monoisotopic (exact) mass is 368 g/mol. The number of nitrogens with zero attached hydrogens (tertiary/aromatic N) is 6. The van der Waals surface area contributed by atoms with Gasteiger partial charge in [-0.3, -0.25) is 0 Å². The fraction of sp³-hybridized carbons (Fsp3) is 0. The Bertz CT molecular complexity index is 106. The molecule has 0 saturated heterocycles. The molecule has 0 aromatic heterocycles. The zero-order valence-electron chi connectivity index (χ0n) is 10.0. The normalized spacial score (nSPS) is 0.706. The molecule has 0 aliphatic carbocycles. The SMILES string of the molecule is [C-]#N.[C-]#N.[C-]#N.[C-]#N.[C-]#N.[C-]#N.[Fe+3].[K+].[K+].[K+].[K+]. The van der Waals surface area contributed by atoms with Crippen molar-refractivity contribution in [3.8, 4) is 0 Å². The average Bonchev–Trinajstić information content (AvgIpc) is 2.33. The van der Waals surface area contributed by atoms with E-state index in [1.807, 2.05) is 0 Å². The van der Waals surface area contributed by atoms with Crippen LogP contribution in [-0.2, 0) is 17.1 Å². The summed E-state index contributed by atoms with van der Waals surface area (Å²) in [6, 6.07) is 0. The second kappa shape index (κ2) is 450. The van der Waals surface area contributed by atoms with Crippen molar-refractivity contribution >= 4 is 0 Å². The topological polar surface area (TPSA) is 143 Å². The van der Waals surface area contributed by atoms with Gasteiger partial charge in [-0.05, 0) is 0 Å². The van der Waals surface area contributed by atoms with Crippen LogP contribution in [0.15, 0.2) is 0 Å². The largest absolute Gasteiger partial charge is 3.00 e. The first-order valence-electron chi connectivity index (χ1n) is 1.34. The van der Waals surface area contributed by atoms with Crippen LogP contribution in [0.5, 0.6) is 0 Å². The molecule has 0 spiro atoms. The molecule has 6 nitrogen and oxygen atoms in total. The molecule has 0 amide bonds. The maximum atomic E-state index is 6.25. The van der Waals surface area contributed by atoms with E-state index in [1.54, 1.807) is 0 Å². The van der Waals surface area contributed by atoms with Gasteiger partial charge in [0.25, 0.3) is 0 Å². The van der Waals surface area contributed by atoms with E-state index in [1.165, 1.54) is 0 Å². The second-order valence-electron chi connectivity index (χ2n) is 0. The Balaban J connectivity index is -0.00000000267. The molecular weight excluding hydrogens is 368 g/mol. The quantitative estimate of drug-likeness (QED) is 0.307. The molecule has 0 aliphatic heterocycles. The Morgan fingerprint density at radius 2 is 0.294 bits per heavy atom. The first-order chi connectivity index (χ1) is 6.00. The van der Waals surface area contributed by atoms with Gasteiger partial charge < -0.3 is 71.0 Å². The standard InChI is InChI=1S/6CN.Fe.4K/c6*1-2;;;;;/q6*-1;+3;4*+1.